The molecule has 8 heteroatoms. The van der Waals surface area contributed by atoms with Crippen molar-refractivity contribution < 1.29 is 12.8 Å². The molecular weight excluding hydrogens is 439 g/mol. The van der Waals surface area contributed by atoms with Crippen molar-refractivity contribution in [1.82, 2.24) is 14.8 Å². The summed E-state index contributed by atoms with van der Waals surface area (Å²) in [7, 11) is -3.86. The maximum absolute atomic E-state index is 13.3. The number of aryl methyl sites for hydroxylation is 1. The normalized spacial score (nSPS) is 12.6. The average molecular weight is 465 g/mol. The molecule has 0 spiro atoms. The average Bonchev–Trinajstić information content (AvgIpc) is 3.22. The molecule has 0 aliphatic carbocycles. The quantitative estimate of drug-likeness (QED) is 0.426. The summed E-state index contributed by atoms with van der Waals surface area (Å²) in [4.78, 5) is 0. The number of sulfone groups is 1. The van der Waals surface area contributed by atoms with Gasteiger partial charge in [-0.25, -0.2) is 12.8 Å². The number of hydrogen-bond donors (Lipinski definition) is 1. The van der Waals surface area contributed by atoms with E-state index in [2.05, 4.69) is 10.2 Å². The van der Waals surface area contributed by atoms with Gasteiger partial charge in [-0.15, -0.1) is 10.2 Å². The molecule has 3 aromatic carbocycles. The molecule has 0 bridgehead atoms. The van der Waals surface area contributed by atoms with Crippen LogP contribution in [-0.4, -0.2) is 23.2 Å². The lowest BCUT2D eigenvalue weighted by molar-refractivity contribution is 0.553. The Labute approximate surface area is 192 Å². The first kappa shape index (κ1) is 22.8. The zero-order valence-corrected chi connectivity index (χ0v) is 19.0. The van der Waals surface area contributed by atoms with E-state index in [1.165, 1.54) is 24.3 Å². The summed E-state index contributed by atoms with van der Waals surface area (Å²) in [6, 6.07) is 22.4. The second-order valence-corrected chi connectivity index (χ2v) is 9.98. The molecular formula is C25H25FN4O2S. The highest BCUT2D eigenvalue weighted by molar-refractivity contribution is 7.90. The third-order valence-corrected chi connectivity index (χ3v) is 6.96. The largest absolute Gasteiger partial charge is 0.321 e. The van der Waals surface area contributed by atoms with E-state index >= 15 is 0 Å². The molecule has 4 aromatic rings. The van der Waals surface area contributed by atoms with Gasteiger partial charge in [-0.2, -0.15) is 0 Å². The second kappa shape index (κ2) is 9.64. The fourth-order valence-electron chi connectivity index (χ4n) is 3.65. The van der Waals surface area contributed by atoms with Crippen LogP contribution >= 0.6 is 0 Å². The minimum absolute atomic E-state index is 0.147. The van der Waals surface area contributed by atoms with Gasteiger partial charge in [0.15, 0.2) is 5.82 Å². The van der Waals surface area contributed by atoms with Gasteiger partial charge in [0, 0.05) is 0 Å². The van der Waals surface area contributed by atoms with Crippen molar-refractivity contribution in [1.29, 1.82) is 0 Å². The van der Waals surface area contributed by atoms with E-state index < -0.39 is 21.7 Å². The van der Waals surface area contributed by atoms with Crippen molar-refractivity contribution in [2.75, 3.05) is 0 Å². The van der Waals surface area contributed by atoms with Crippen LogP contribution in [-0.2, 0) is 28.6 Å². The molecule has 1 heterocycles. The molecule has 0 amide bonds. The summed E-state index contributed by atoms with van der Waals surface area (Å²) in [5.41, 5.74) is 9.97. The zero-order valence-electron chi connectivity index (χ0n) is 18.2. The third kappa shape index (κ3) is 5.53. The highest BCUT2D eigenvalue weighted by Crippen LogP contribution is 2.22. The van der Waals surface area contributed by atoms with Gasteiger partial charge in [-0.3, -0.25) is 4.57 Å². The Hall–Kier alpha value is -3.36. The van der Waals surface area contributed by atoms with Crippen LogP contribution in [0.4, 0.5) is 4.39 Å². The maximum Gasteiger partial charge on any atom is 0.250 e. The number of nitrogens with two attached hydrogens (primary N) is 1. The lowest BCUT2D eigenvalue weighted by atomic mass is 10.1. The Kier molecular flexibility index (Phi) is 6.67. The smallest absolute Gasteiger partial charge is 0.250 e. The van der Waals surface area contributed by atoms with Crippen molar-refractivity contribution in [3.05, 3.63) is 113 Å². The molecule has 0 fully saturated rings. The molecule has 0 unspecified atom stereocenters. The maximum atomic E-state index is 13.3. The summed E-state index contributed by atoms with van der Waals surface area (Å²) >= 11 is 0. The van der Waals surface area contributed by atoms with Crippen LogP contribution in [0.1, 0.15) is 34.1 Å². The summed E-state index contributed by atoms with van der Waals surface area (Å²) in [6.45, 7) is 2.26. The van der Waals surface area contributed by atoms with E-state index in [9.17, 15) is 12.8 Å². The predicted molar refractivity (Wildman–Crippen MR) is 125 cm³/mol. The molecule has 0 aliphatic heterocycles. The van der Waals surface area contributed by atoms with Gasteiger partial charge in [-0.05, 0) is 42.2 Å². The van der Waals surface area contributed by atoms with Crippen LogP contribution in [0.3, 0.4) is 0 Å². The standard InChI is InChI=1S/C25H25FN4O2S/c1-18-7-9-20(10-8-18)16-30-24(23(27)15-19-5-3-2-4-6-19)28-29-25(30)33(31,32)17-21-11-13-22(26)14-12-21/h2-14,23H,15-17,27H2,1H3/t23-/m0/s1. The molecule has 0 saturated heterocycles. The first-order chi connectivity index (χ1) is 15.8. The van der Waals surface area contributed by atoms with Gasteiger partial charge < -0.3 is 5.73 Å². The summed E-state index contributed by atoms with van der Waals surface area (Å²) in [5, 5.41) is 8.10. The van der Waals surface area contributed by atoms with E-state index in [4.69, 9.17) is 5.73 Å². The van der Waals surface area contributed by atoms with Crippen LogP contribution in [0, 0.1) is 12.7 Å². The Morgan fingerprint density at radius 3 is 2.18 bits per heavy atom. The SMILES string of the molecule is Cc1ccc(Cn2c([C@@H](N)Cc3ccccc3)nnc2S(=O)(=O)Cc2ccc(F)cc2)cc1. The lowest BCUT2D eigenvalue weighted by Crippen LogP contribution is -2.22. The van der Waals surface area contributed by atoms with Gasteiger partial charge in [0.25, 0.3) is 0 Å². The molecule has 0 radical (unpaired) electrons. The molecule has 1 aromatic heterocycles. The van der Waals surface area contributed by atoms with E-state index in [0.717, 1.165) is 16.7 Å². The van der Waals surface area contributed by atoms with Crippen LogP contribution in [0.5, 0.6) is 0 Å². The molecule has 1 atom stereocenters. The monoisotopic (exact) mass is 464 g/mol. The molecule has 170 valence electrons. The highest BCUT2D eigenvalue weighted by atomic mass is 32.2. The first-order valence-electron chi connectivity index (χ1n) is 10.6. The number of halogens is 1. The van der Waals surface area contributed by atoms with Gasteiger partial charge >= 0.3 is 0 Å². The van der Waals surface area contributed by atoms with Crippen LogP contribution in [0.25, 0.3) is 0 Å². The second-order valence-electron chi connectivity index (χ2n) is 8.09. The molecule has 0 aliphatic rings. The fourth-order valence-corrected chi connectivity index (χ4v) is 5.07. The van der Waals surface area contributed by atoms with Gasteiger partial charge in [0.2, 0.25) is 15.0 Å². The minimum Gasteiger partial charge on any atom is -0.321 e. The molecule has 6 nitrogen and oxygen atoms in total. The number of benzene rings is 3. The molecule has 2 N–H and O–H groups in total. The van der Waals surface area contributed by atoms with E-state index in [-0.39, 0.29) is 17.5 Å². The summed E-state index contributed by atoms with van der Waals surface area (Å²) in [5.74, 6) is -0.335. The van der Waals surface area contributed by atoms with Crippen molar-refractivity contribution in [3.8, 4) is 0 Å². The predicted octanol–water partition coefficient (Wildman–Crippen LogP) is 3.99. The Balaban J connectivity index is 1.71. The van der Waals surface area contributed by atoms with Gasteiger partial charge in [0.1, 0.15) is 5.82 Å². The number of aromatic nitrogens is 3. The number of hydrogen-bond acceptors (Lipinski definition) is 5. The lowest BCUT2D eigenvalue weighted by Gasteiger charge is -2.15. The Morgan fingerprint density at radius 2 is 1.52 bits per heavy atom. The highest BCUT2D eigenvalue weighted by Gasteiger charge is 2.27. The first-order valence-corrected chi connectivity index (χ1v) is 12.2. The summed E-state index contributed by atoms with van der Waals surface area (Å²) < 4.78 is 41.4. The van der Waals surface area contributed by atoms with Crippen molar-refractivity contribution >= 4 is 9.84 Å². The van der Waals surface area contributed by atoms with Crippen molar-refractivity contribution in [2.24, 2.45) is 5.73 Å². The van der Waals surface area contributed by atoms with Crippen molar-refractivity contribution in [2.45, 2.75) is 36.8 Å². The number of rotatable bonds is 8. The fraction of sp³-hybridized carbons (Fsp3) is 0.200. The topological polar surface area (TPSA) is 90.9 Å². The van der Waals surface area contributed by atoms with E-state index in [1.54, 1.807) is 4.57 Å². The minimum atomic E-state index is -3.86. The number of nitrogens with zero attached hydrogens (tertiary/aromatic N) is 3. The van der Waals surface area contributed by atoms with E-state index in [0.29, 0.717) is 17.8 Å². The van der Waals surface area contributed by atoms with Gasteiger partial charge in [-0.1, -0.05) is 72.3 Å². The Bertz CT molecular complexity index is 1320. The molecule has 4 rings (SSSR count). The third-order valence-electron chi connectivity index (χ3n) is 5.38. The Morgan fingerprint density at radius 1 is 0.879 bits per heavy atom. The van der Waals surface area contributed by atoms with Crippen LogP contribution in [0.15, 0.2) is 84.0 Å². The van der Waals surface area contributed by atoms with Gasteiger partial charge in [0.05, 0.1) is 18.3 Å². The molecule has 0 saturated carbocycles. The van der Waals surface area contributed by atoms with Crippen LogP contribution in [0.2, 0.25) is 0 Å². The van der Waals surface area contributed by atoms with Crippen LogP contribution < -0.4 is 5.73 Å². The van der Waals surface area contributed by atoms with Crippen molar-refractivity contribution in [3.63, 3.8) is 0 Å². The zero-order chi connectivity index (χ0) is 23.4. The molecule has 33 heavy (non-hydrogen) atoms. The summed E-state index contributed by atoms with van der Waals surface area (Å²) in [6.07, 6.45) is 0.491. The van der Waals surface area contributed by atoms with E-state index in [1.807, 2.05) is 61.5 Å².